The summed E-state index contributed by atoms with van der Waals surface area (Å²) in [5, 5.41) is 14.5. The summed E-state index contributed by atoms with van der Waals surface area (Å²) in [7, 11) is 1.41. The first-order chi connectivity index (χ1) is 6.60. The molecule has 5 heteroatoms. The highest BCUT2D eigenvalue weighted by molar-refractivity contribution is 5.98. The Bertz CT molecular complexity index is 253. The van der Waals surface area contributed by atoms with Crippen LogP contribution >= 0.6 is 0 Å². The molecule has 0 rings (SSSR count). The molecule has 78 valence electrons. The minimum atomic E-state index is -0.357. The zero-order valence-electron chi connectivity index (χ0n) is 8.70. The van der Waals surface area contributed by atoms with E-state index in [1.165, 1.54) is 7.11 Å². The molecule has 0 aliphatic rings. The van der Waals surface area contributed by atoms with Gasteiger partial charge in [0, 0.05) is 6.42 Å². The van der Waals surface area contributed by atoms with Crippen LogP contribution in [0.2, 0.25) is 0 Å². The maximum Gasteiger partial charge on any atom is 0.239 e. The van der Waals surface area contributed by atoms with Gasteiger partial charge in [-0.3, -0.25) is 4.79 Å². The second-order valence-electron chi connectivity index (χ2n) is 3.20. The van der Waals surface area contributed by atoms with Gasteiger partial charge in [0.05, 0.1) is 6.07 Å². The Kier molecular flexibility index (Phi) is 6.12. The van der Waals surface area contributed by atoms with Crippen molar-refractivity contribution in [2.75, 3.05) is 7.11 Å². The lowest BCUT2D eigenvalue weighted by molar-refractivity contribution is -0.118. The molecule has 1 N–H and O–H groups in total. The third-order valence-corrected chi connectivity index (χ3v) is 1.33. The second kappa shape index (κ2) is 6.89. The predicted octanol–water partition coefficient (Wildman–Crippen LogP) is 1.02. The number of carbonyl (C=O) groups is 1. The molecule has 0 saturated carbocycles. The number of nitrogens with zero attached hydrogens (tertiary/aromatic N) is 2. The lowest BCUT2D eigenvalue weighted by Gasteiger charge is -2.08. The molecule has 0 heterocycles. The fourth-order valence-electron chi connectivity index (χ4n) is 0.885. The molecule has 0 spiro atoms. The Morgan fingerprint density at radius 2 is 2.29 bits per heavy atom. The zero-order chi connectivity index (χ0) is 11.0. The number of carbonyl (C=O) groups excluding carboxylic acids is 1. The number of rotatable bonds is 4. The van der Waals surface area contributed by atoms with E-state index in [1.807, 2.05) is 13.8 Å². The van der Waals surface area contributed by atoms with E-state index in [4.69, 9.17) is 5.26 Å². The topological polar surface area (TPSA) is 74.5 Å². The average Bonchev–Trinajstić information content (AvgIpc) is 2.03. The quantitative estimate of drug-likeness (QED) is 0.415. The van der Waals surface area contributed by atoms with Gasteiger partial charge in [-0.15, -0.1) is 0 Å². The summed E-state index contributed by atoms with van der Waals surface area (Å²) in [5.41, 5.74) is 0. The zero-order valence-corrected chi connectivity index (χ0v) is 8.70. The normalized spacial score (nSPS) is 10.9. The van der Waals surface area contributed by atoms with Crippen LogP contribution in [0.4, 0.5) is 0 Å². The molecule has 0 radical (unpaired) electrons. The standard InChI is InChI=1S/C9H15N3O2/c1-7(2)6-8(12-14-3)11-9(13)4-5-10/h7H,4,6H2,1-3H3,(H,11,12,13). The highest BCUT2D eigenvalue weighted by Gasteiger charge is 2.08. The summed E-state index contributed by atoms with van der Waals surface area (Å²) >= 11 is 0. The van der Waals surface area contributed by atoms with Crippen molar-refractivity contribution in [2.24, 2.45) is 11.1 Å². The van der Waals surface area contributed by atoms with Gasteiger partial charge in [-0.05, 0) is 5.92 Å². The summed E-state index contributed by atoms with van der Waals surface area (Å²) in [6, 6.07) is 1.76. The van der Waals surface area contributed by atoms with Crippen molar-refractivity contribution in [1.29, 1.82) is 5.26 Å². The first-order valence-corrected chi connectivity index (χ1v) is 4.37. The van der Waals surface area contributed by atoms with Crippen LogP contribution in [0.25, 0.3) is 0 Å². The van der Waals surface area contributed by atoms with E-state index in [0.29, 0.717) is 18.2 Å². The predicted molar refractivity (Wildman–Crippen MR) is 52.3 cm³/mol. The van der Waals surface area contributed by atoms with Crippen molar-refractivity contribution in [1.82, 2.24) is 5.32 Å². The molecule has 0 aliphatic heterocycles. The van der Waals surface area contributed by atoms with Crippen LogP contribution in [0.15, 0.2) is 5.16 Å². The van der Waals surface area contributed by atoms with Gasteiger partial charge in [-0.2, -0.15) is 5.26 Å². The van der Waals surface area contributed by atoms with E-state index in [2.05, 4.69) is 15.3 Å². The molecule has 0 aliphatic carbocycles. The Morgan fingerprint density at radius 3 is 2.71 bits per heavy atom. The van der Waals surface area contributed by atoms with Crippen LogP contribution in [0.3, 0.4) is 0 Å². The Morgan fingerprint density at radius 1 is 1.64 bits per heavy atom. The van der Waals surface area contributed by atoms with Crippen molar-refractivity contribution >= 4 is 11.7 Å². The minimum Gasteiger partial charge on any atom is -0.398 e. The lowest BCUT2D eigenvalue weighted by Crippen LogP contribution is -2.31. The largest absolute Gasteiger partial charge is 0.398 e. The molecule has 0 unspecified atom stereocenters. The van der Waals surface area contributed by atoms with Crippen LogP contribution < -0.4 is 5.32 Å². The third kappa shape index (κ3) is 6.00. The number of oxime groups is 1. The van der Waals surface area contributed by atoms with Gasteiger partial charge < -0.3 is 10.2 Å². The van der Waals surface area contributed by atoms with Gasteiger partial charge in [0.25, 0.3) is 0 Å². The molecule has 0 aromatic heterocycles. The monoisotopic (exact) mass is 197 g/mol. The van der Waals surface area contributed by atoms with Gasteiger partial charge in [-0.1, -0.05) is 19.0 Å². The lowest BCUT2D eigenvalue weighted by atomic mass is 10.1. The highest BCUT2D eigenvalue weighted by Crippen LogP contribution is 2.00. The number of nitrogens with one attached hydrogen (secondary N) is 1. The molecular weight excluding hydrogens is 182 g/mol. The van der Waals surface area contributed by atoms with Crippen LogP contribution in [0, 0.1) is 17.2 Å². The van der Waals surface area contributed by atoms with E-state index >= 15 is 0 Å². The highest BCUT2D eigenvalue weighted by atomic mass is 16.6. The van der Waals surface area contributed by atoms with E-state index in [1.54, 1.807) is 6.07 Å². The van der Waals surface area contributed by atoms with Crippen molar-refractivity contribution in [3.63, 3.8) is 0 Å². The van der Waals surface area contributed by atoms with E-state index in [-0.39, 0.29) is 12.3 Å². The second-order valence-corrected chi connectivity index (χ2v) is 3.20. The van der Waals surface area contributed by atoms with Gasteiger partial charge in [-0.25, -0.2) is 0 Å². The maximum absolute atomic E-state index is 11.0. The first kappa shape index (κ1) is 12.4. The van der Waals surface area contributed by atoms with Crippen molar-refractivity contribution < 1.29 is 9.63 Å². The number of nitriles is 1. The SMILES string of the molecule is CON=C(CC(C)C)NC(=O)CC#N. The van der Waals surface area contributed by atoms with Crippen LogP contribution in [0.5, 0.6) is 0 Å². The van der Waals surface area contributed by atoms with Gasteiger partial charge in [0.2, 0.25) is 5.91 Å². The number of amidine groups is 1. The summed E-state index contributed by atoms with van der Waals surface area (Å²) in [6.45, 7) is 4.00. The van der Waals surface area contributed by atoms with Crippen LogP contribution in [0.1, 0.15) is 26.7 Å². The molecule has 0 fully saturated rings. The number of hydrogen-bond acceptors (Lipinski definition) is 4. The van der Waals surface area contributed by atoms with Crippen LogP contribution in [-0.2, 0) is 9.63 Å². The molecule has 1 amide bonds. The average molecular weight is 197 g/mol. The van der Waals surface area contributed by atoms with E-state index in [9.17, 15) is 4.79 Å². The van der Waals surface area contributed by atoms with Crippen LogP contribution in [-0.4, -0.2) is 18.9 Å². The summed E-state index contributed by atoms with van der Waals surface area (Å²) in [4.78, 5) is 15.6. The summed E-state index contributed by atoms with van der Waals surface area (Å²) in [5.74, 6) is 0.470. The van der Waals surface area contributed by atoms with E-state index in [0.717, 1.165) is 0 Å². The van der Waals surface area contributed by atoms with E-state index < -0.39 is 0 Å². The van der Waals surface area contributed by atoms with Gasteiger partial charge in [0.15, 0.2) is 0 Å². The fourth-order valence-corrected chi connectivity index (χ4v) is 0.885. The number of hydrogen-bond donors (Lipinski definition) is 1. The van der Waals surface area contributed by atoms with Crippen molar-refractivity contribution in [3.05, 3.63) is 0 Å². The molecule has 0 aromatic carbocycles. The summed E-state index contributed by atoms with van der Waals surface area (Å²) < 4.78 is 0. The molecule has 0 aromatic rings. The summed E-state index contributed by atoms with van der Waals surface area (Å²) in [6.07, 6.45) is 0.450. The fraction of sp³-hybridized carbons (Fsp3) is 0.667. The van der Waals surface area contributed by atoms with Crippen molar-refractivity contribution in [2.45, 2.75) is 26.7 Å². The molecule has 0 atom stereocenters. The molecule has 5 nitrogen and oxygen atoms in total. The minimum absolute atomic E-state index is 0.166. The molecule has 0 bridgehead atoms. The maximum atomic E-state index is 11.0. The Balaban J connectivity index is 4.18. The van der Waals surface area contributed by atoms with Gasteiger partial charge in [0.1, 0.15) is 19.4 Å². The number of amides is 1. The molecular formula is C9H15N3O2. The molecule has 14 heavy (non-hydrogen) atoms. The smallest absolute Gasteiger partial charge is 0.239 e. The first-order valence-electron chi connectivity index (χ1n) is 4.37. The van der Waals surface area contributed by atoms with Crippen molar-refractivity contribution in [3.8, 4) is 6.07 Å². The molecule has 0 saturated heterocycles. The Labute approximate surface area is 83.7 Å². The third-order valence-electron chi connectivity index (χ3n) is 1.33. The Hall–Kier alpha value is -1.57. The van der Waals surface area contributed by atoms with Gasteiger partial charge >= 0.3 is 0 Å².